The molecule has 0 heterocycles. The second-order valence-corrected chi connectivity index (χ2v) is 6.06. The second kappa shape index (κ2) is 8.60. The number of ether oxygens (including phenoxy) is 2. The average Bonchev–Trinajstić information content (AvgIpc) is 2.55. The number of hydrogen-bond donors (Lipinski definition) is 1. The van der Waals surface area contributed by atoms with Gasteiger partial charge in [-0.15, -0.1) is 0 Å². The van der Waals surface area contributed by atoms with Crippen molar-refractivity contribution in [2.45, 2.75) is 26.9 Å². The first kappa shape index (κ1) is 18.1. The van der Waals surface area contributed by atoms with Crippen LogP contribution in [0.5, 0.6) is 11.5 Å². The maximum absolute atomic E-state index is 12.1. The fraction of sp³-hybridized carbons (Fsp3) is 0.316. The van der Waals surface area contributed by atoms with Gasteiger partial charge in [-0.2, -0.15) is 0 Å². The van der Waals surface area contributed by atoms with Crippen LogP contribution in [0.3, 0.4) is 0 Å². The van der Waals surface area contributed by atoms with E-state index in [1.165, 1.54) is 0 Å². The van der Waals surface area contributed by atoms with Gasteiger partial charge in [-0.05, 0) is 56.7 Å². The minimum Gasteiger partial charge on any atom is -0.492 e. The van der Waals surface area contributed by atoms with Crippen molar-refractivity contribution in [1.82, 2.24) is 5.32 Å². The monoisotopic (exact) mass is 347 g/mol. The third kappa shape index (κ3) is 5.46. The van der Waals surface area contributed by atoms with Crippen molar-refractivity contribution in [3.05, 3.63) is 58.6 Å². The first-order valence-corrected chi connectivity index (χ1v) is 8.23. The molecular weight excluding hydrogens is 326 g/mol. The lowest BCUT2D eigenvalue weighted by molar-refractivity contribution is -0.127. The Labute approximate surface area is 147 Å². The summed E-state index contributed by atoms with van der Waals surface area (Å²) in [7, 11) is 0. The van der Waals surface area contributed by atoms with Gasteiger partial charge in [0.1, 0.15) is 18.1 Å². The number of halogens is 1. The highest BCUT2D eigenvalue weighted by Gasteiger charge is 2.15. The van der Waals surface area contributed by atoms with E-state index in [-0.39, 0.29) is 5.91 Å². The van der Waals surface area contributed by atoms with Crippen LogP contribution >= 0.6 is 11.6 Å². The van der Waals surface area contributed by atoms with Crippen LogP contribution in [0, 0.1) is 13.8 Å². The molecule has 0 saturated heterocycles. The first-order valence-electron chi connectivity index (χ1n) is 7.85. The molecule has 0 fully saturated rings. The number of carbonyl (C=O) groups excluding carboxylic acids is 1. The summed E-state index contributed by atoms with van der Waals surface area (Å²) < 4.78 is 11.3. The zero-order valence-corrected chi connectivity index (χ0v) is 14.9. The van der Waals surface area contributed by atoms with Gasteiger partial charge < -0.3 is 14.8 Å². The van der Waals surface area contributed by atoms with Gasteiger partial charge in [0.05, 0.1) is 6.54 Å². The normalized spacial score (nSPS) is 11.7. The summed E-state index contributed by atoms with van der Waals surface area (Å²) in [6.45, 7) is 6.50. The molecule has 0 aromatic heterocycles. The van der Waals surface area contributed by atoms with Crippen molar-refractivity contribution in [2.75, 3.05) is 13.2 Å². The molecule has 2 aromatic carbocycles. The van der Waals surface area contributed by atoms with Gasteiger partial charge in [-0.25, -0.2) is 0 Å². The van der Waals surface area contributed by atoms with E-state index in [0.29, 0.717) is 23.9 Å². The molecule has 128 valence electrons. The minimum atomic E-state index is -0.568. The molecule has 5 heteroatoms. The Balaban J connectivity index is 1.74. The summed E-state index contributed by atoms with van der Waals surface area (Å²) in [5, 5.41) is 3.46. The average molecular weight is 348 g/mol. The molecule has 2 rings (SSSR count). The van der Waals surface area contributed by atoms with Gasteiger partial charge in [0.25, 0.3) is 5.91 Å². The van der Waals surface area contributed by atoms with Crippen molar-refractivity contribution in [1.29, 1.82) is 0 Å². The predicted octanol–water partition coefficient (Wildman–Crippen LogP) is 3.92. The van der Waals surface area contributed by atoms with E-state index in [2.05, 4.69) is 5.32 Å². The van der Waals surface area contributed by atoms with Crippen LogP contribution < -0.4 is 14.8 Å². The number of benzene rings is 2. The zero-order valence-electron chi connectivity index (χ0n) is 14.1. The molecule has 1 N–H and O–H groups in total. The van der Waals surface area contributed by atoms with E-state index in [1.807, 2.05) is 32.0 Å². The van der Waals surface area contributed by atoms with Crippen LogP contribution in [0.15, 0.2) is 42.5 Å². The van der Waals surface area contributed by atoms with Gasteiger partial charge in [-0.3, -0.25) is 4.79 Å². The molecule has 1 amide bonds. The Hall–Kier alpha value is -2.20. The van der Waals surface area contributed by atoms with Crippen molar-refractivity contribution in [3.8, 4) is 11.5 Å². The largest absolute Gasteiger partial charge is 0.492 e. The standard InChI is InChI=1S/C19H22ClNO3/c1-13-4-9-18(14(2)12-13)24-15(3)19(22)21-10-11-23-17-7-5-16(20)6-8-17/h4-9,12,15H,10-11H2,1-3H3,(H,21,22). The number of hydrogen-bond acceptors (Lipinski definition) is 3. The third-order valence-electron chi connectivity index (χ3n) is 3.49. The van der Waals surface area contributed by atoms with E-state index in [9.17, 15) is 4.79 Å². The molecule has 0 aliphatic carbocycles. The Morgan fingerprint density at radius 1 is 1.17 bits per heavy atom. The van der Waals surface area contributed by atoms with Crippen molar-refractivity contribution >= 4 is 17.5 Å². The zero-order chi connectivity index (χ0) is 17.5. The fourth-order valence-electron chi connectivity index (χ4n) is 2.19. The molecular formula is C19H22ClNO3. The minimum absolute atomic E-state index is 0.172. The molecule has 2 aromatic rings. The Kier molecular flexibility index (Phi) is 6.50. The van der Waals surface area contributed by atoms with Crippen molar-refractivity contribution < 1.29 is 14.3 Å². The van der Waals surface area contributed by atoms with E-state index >= 15 is 0 Å². The Morgan fingerprint density at radius 2 is 1.88 bits per heavy atom. The summed E-state index contributed by atoms with van der Waals surface area (Å²) in [4.78, 5) is 12.1. The molecule has 0 radical (unpaired) electrons. The first-order chi connectivity index (χ1) is 11.5. The third-order valence-corrected chi connectivity index (χ3v) is 3.74. The van der Waals surface area contributed by atoms with Crippen LogP contribution in [0.2, 0.25) is 5.02 Å². The van der Waals surface area contributed by atoms with Crippen molar-refractivity contribution in [3.63, 3.8) is 0 Å². The Bertz CT molecular complexity index is 686. The van der Waals surface area contributed by atoms with E-state index in [4.69, 9.17) is 21.1 Å². The summed E-state index contributed by atoms with van der Waals surface area (Å²) in [6, 6.07) is 13.0. The lowest BCUT2D eigenvalue weighted by Crippen LogP contribution is -2.38. The van der Waals surface area contributed by atoms with Gasteiger partial charge in [0.15, 0.2) is 6.10 Å². The molecule has 0 saturated carbocycles. The smallest absolute Gasteiger partial charge is 0.260 e. The SMILES string of the molecule is Cc1ccc(OC(C)C(=O)NCCOc2ccc(Cl)cc2)c(C)c1. The van der Waals surface area contributed by atoms with Gasteiger partial charge in [0, 0.05) is 5.02 Å². The maximum atomic E-state index is 12.1. The molecule has 4 nitrogen and oxygen atoms in total. The second-order valence-electron chi connectivity index (χ2n) is 5.62. The van der Waals surface area contributed by atoms with E-state index in [0.717, 1.165) is 16.9 Å². The number of rotatable bonds is 7. The topological polar surface area (TPSA) is 47.6 Å². The van der Waals surface area contributed by atoms with Gasteiger partial charge >= 0.3 is 0 Å². The number of amides is 1. The molecule has 1 atom stereocenters. The van der Waals surface area contributed by atoms with E-state index < -0.39 is 6.10 Å². The molecule has 1 unspecified atom stereocenters. The number of nitrogens with one attached hydrogen (secondary N) is 1. The van der Waals surface area contributed by atoms with Gasteiger partial charge in [0.2, 0.25) is 0 Å². The molecule has 0 aliphatic rings. The van der Waals surface area contributed by atoms with Gasteiger partial charge in [-0.1, -0.05) is 29.3 Å². The summed E-state index contributed by atoms with van der Waals surface area (Å²) >= 11 is 5.81. The quantitative estimate of drug-likeness (QED) is 0.772. The van der Waals surface area contributed by atoms with Crippen LogP contribution in [0.1, 0.15) is 18.1 Å². The Morgan fingerprint density at radius 3 is 2.54 bits per heavy atom. The highest BCUT2D eigenvalue weighted by Crippen LogP contribution is 2.20. The molecule has 0 aliphatic heterocycles. The number of carbonyl (C=O) groups is 1. The highest BCUT2D eigenvalue weighted by atomic mass is 35.5. The maximum Gasteiger partial charge on any atom is 0.260 e. The number of aryl methyl sites for hydroxylation is 2. The molecule has 24 heavy (non-hydrogen) atoms. The summed E-state index contributed by atoms with van der Waals surface area (Å²) in [5.74, 6) is 1.27. The predicted molar refractivity (Wildman–Crippen MR) is 96.0 cm³/mol. The van der Waals surface area contributed by atoms with E-state index in [1.54, 1.807) is 31.2 Å². The van der Waals surface area contributed by atoms with Crippen LogP contribution in [0.25, 0.3) is 0 Å². The molecule has 0 bridgehead atoms. The van der Waals surface area contributed by atoms with Crippen LogP contribution in [0.4, 0.5) is 0 Å². The lowest BCUT2D eigenvalue weighted by atomic mass is 10.1. The molecule has 0 spiro atoms. The summed E-state index contributed by atoms with van der Waals surface area (Å²) in [5.41, 5.74) is 2.18. The fourth-order valence-corrected chi connectivity index (χ4v) is 2.32. The lowest BCUT2D eigenvalue weighted by Gasteiger charge is -2.16. The highest BCUT2D eigenvalue weighted by molar-refractivity contribution is 6.30. The summed E-state index contributed by atoms with van der Waals surface area (Å²) in [6.07, 6.45) is -0.568. The van der Waals surface area contributed by atoms with Crippen molar-refractivity contribution in [2.24, 2.45) is 0 Å². The van der Waals surface area contributed by atoms with Crippen LogP contribution in [-0.2, 0) is 4.79 Å². The van der Waals surface area contributed by atoms with Crippen LogP contribution in [-0.4, -0.2) is 25.2 Å².